The third kappa shape index (κ3) is 2.11. The van der Waals surface area contributed by atoms with Gasteiger partial charge in [0.05, 0.1) is 11.5 Å². The van der Waals surface area contributed by atoms with Gasteiger partial charge >= 0.3 is 5.97 Å². The highest BCUT2D eigenvalue weighted by Gasteiger charge is 2.45. The van der Waals surface area contributed by atoms with Crippen molar-refractivity contribution in [2.75, 3.05) is 0 Å². The van der Waals surface area contributed by atoms with Gasteiger partial charge in [0.15, 0.2) is 0 Å². The Labute approximate surface area is 113 Å². The van der Waals surface area contributed by atoms with Crippen molar-refractivity contribution in [1.82, 2.24) is 0 Å². The molecule has 102 valence electrons. The summed E-state index contributed by atoms with van der Waals surface area (Å²) < 4.78 is 6.01. The molecule has 2 saturated carbocycles. The summed E-state index contributed by atoms with van der Waals surface area (Å²) in [6, 6.07) is 7.72. The molecule has 3 heteroatoms. The molecule has 1 aromatic carbocycles. The van der Waals surface area contributed by atoms with Gasteiger partial charge in [-0.05, 0) is 38.2 Å². The Kier molecular flexibility index (Phi) is 3.21. The number of ether oxygens (including phenoxy) is 1. The fraction of sp³-hybridized carbons (Fsp3) is 0.562. The van der Waals surface area contributed by atoms with Crippen molar-refractivity contribution in [1.29, 1.82) is 0 Å². The number of aliphatic carboxylic acids is 1. The van der Waals surface area contributed by atoms with Crippen LogP contribution in [0.15, 0.2) is 24.3 Å². The van der Waals surface area contributed by atoms with E-state index in [4.69, 9.17) is 4.74 Å². The minimum absolute atomic E-state index is 0.286. The highest BCUT2D eigenvalue weighted by atomic mass is 16.5. The molecule has 0 unspecified atom stereocenters. The van der Waals surface area contributed by atoms with E-state index in [1.54, 1.807) is 0 Å². The second-order valence-corrected chi connectivity index (χ2v) is 5.76. The maximum Gasteiger partial charge on any atom is 0.314 e. The van der Waals surface area contributed by atoms with Gasteiger partial charge in [0.1, 0.15) is 5.75 Å². The zero-order chi connectivity index (χ0) is 13.3. The van der Waals surface area contributed by atoms with Crippen LogP contribution in [0.2, 0.25) is 0 Å². The van der Waals surface area contributed by atoms with Gasteiger partial charge in [-0.15, -0.1) is 0 Å². The predicted octanol–water partition coefficient (Wildman–Crippen LogP) is 3.51. The molecule has 0 saturated heterocycles. The van der Waals surface area contributed by atoms with E-state index in [-0.39, 0.29) is 6.10 Å². The van der Waals surface area contributed by atoms with Crippen molar-refractivity contribution in [2.24, 2.45) is 0 Å². The summed E-state index contributed by atoms with van der Waals surface area (Å²) in [6.07, 6.45) is 7.13. The molecule has 1 aromatic rings. The summed E-state index contributed by atoms with van der Waals surface area (Å²) in [4.78, 5) is 11.8. The van der Waals surface area contributed by atoms with Crippen molar-refractivity contribution < 1.29 is 14.6 Å². The van der Waals surface area contributed by atoms with E-state index in [2.05, 4.69) is 0 Å². The Balaban J connectivity index is 1.95. The van der Waals surface area contributed by atoms with Crippen molar-refractivity contribution in [2.45, 2.75) is 56.5 Å². The molecule has 3 rings (SSSR count). The van der Waals surface area contributed by atoms with Crippen LogP contribution in [0.4, 0.5) is 0 Å². The highest BCUT2D eigenvalue weighted by molar-refractivity contribution is 5.83. The summed E-state index contributed by atoms with van der Waals surface area (Å²) in [5, 5.41) is 9.69. The van der Waals surface area contributed by atoms with Crippen molar-refractivity contribution in [3.05, 3.63) is 29.8 Å². The summed E-state index contributed by atoms with van der Waals surface area (Å²) in [6.45, 7) is 0. The second kappa shape index (κ2) is 4.87. The molecule has 0 spiro atoms. The monoisotopic (exact) mass is 260 g/mol. The van der Waals surface area contributed by atoms with E-state index in [1.807, 2.05) is 24.3 Å². The van der Waals surface area contributed by atoms with Gasteiger partial charge in [0.25, 0.3) is 0 Å². The largest absolute Gasteiger partial charge is 0.490 e. The molecular formula is C16H20O3. The van der Waals surface area contributed by atoms with Gasteiger partial charge in [0, 0.05) is 5.56 Å². The Morgan fingerprint density at radius 1 is 1.16 bits per heavy atom. The predicted molar refractivity (Wildman–Crippen MR) is 72.5 cm³/mol. The molecule has 0 aromatic heterocycles. The van der Waals surface area contributed by atoms with Gasteiger partial charge in [-0.25, -0.2) is 0 Å². The van der Waals surface area contributed by atoms with Crippen LogP contribution in [0.3, 0.4) is 0 Å². The summed E-state index contributed by atoms with van der Waals surface area (Å²) in [7, 11) is 0. The SMILES string of the molecule is O=C(O)C1(c2ccccc2OC2CCC2)CCCC1. The molecule has 1 N–H and O–H groups in total. The molecule has 0 amide bonds. The molecule has 0 radical (unpaired) electrons. The van der Waals surface area contributed by atoms with E-state index in [0.29, 0.717) is 0 Å². The second-order valence-electron chi connectivity index (χ2n) is 5.76. The third-order valence-electron chi connectivity index (χ3n) is 4.61. The Hall–Kier alpha value is -1.51. The number of hydrogen-bond acceptors (Lipinski definition) is 2. The first kappa shape index (κ1) is 12.5. The molecule has 19 heavy (non-hydrogen) atoms. The Morgan fingerprint density at radius 2 is 1.84 bits per heavy atom. The van der Waals surface area contributed by atoms with E-state index in [0.717, 1.165) is 49.8 Å². The molecule has 0 bridgehead atoms. The van der Waals surface area contributed by atoms with Crippen LogP contribution >= 0.6 is 0 Å². The average molecular weight is 260 g/mol. The normalized spacial score (nSPS) is 21.9. The van der Waals surface area contributed by atoms with Crippen LogP contribution in [0, 0.1) is 0 Å². The van der Waals surface area contributed by atoms with Gasteiger partial charge in [-0.1, -0.05) is 31.0 Å². The Morgan fingerprint density at radius 3 is 2.42 bits per heavy atom. The van der Waals surface area contributed by atoms with Crippen LogP contribution < -0.4 is 4.74 Å². The first-order valence-electron chi connectivity index (χ1n) is 7.22. The van der Waals surface area contributed by atoms with Crippen molar-refractivity contribution in [3.63, 3.8) is 0 Å². The molecule has 2 aliphatic carbocycles. The van der Waals surface area contributed by atoms with E-state index in [1.165, 1.54) is 6.42 Å². The van der Waals surface area contributed by atoms with Gasteiger partial charge in [-0.3, -0.25) is 4.79 Å². The lowest BCUT2D eigenvalue weighted by atomic mass is 9.78. The van der Waals surface area contributed by atoms with Gasteiger partial charge in [0.2, 0.25) is 0 Å². The summed E-state index contributed by atoms with van der Waals surface area (Å²) in [5.74, 6) is 0.0890. The zero-order valence-corrected chi connectivity index (χ0v) is 11.1. The number of carboxylic acid groups (broad SMARTS) is 1. The van der Waals surface area contributed by atoms with Crippen molar-refractivity contribution >= 4 is 5.97 Å². The number of carbonyl (C=O) groups is 1. The smallest absolute Gasteiger partial charge is 0.314 e. The van der Waals surface area contributed by atoms with Crippen molar-refractivity contribution in [3.8, 4) is 5.75 Å². The molecule has 0 aliphatic heterocycles. The summed E-state index contributed by atoms with van der Waals surface area (Å²) in [5.41, 5.74) is 0.160. The maximum atomic E-state index is 11.8. The number of carboxylic acids is 1. The topological polar surface area (TPSA) is 46.5 Å². The molecular weight excluding hydrogens is 240 g/mol. The van der Waals surface area contributed by atoms with E-state index >= 15 is 0 Å². The number of rotatable bonds is 4. The van der Waals surface area contributed by atoms with Crippen LogP contribution in [-0.2, 0) is 10.2 Å². The Bertz CT molecular complexity index is 471. The molecule has 2 aliphatic rings. The lowest BCUT2D eigenvalue weighted by Crippen LogP contribution is -2.34. The molecule has 0 heterocycles. The van der Waals surface area contributed by atoms with E-state index < -0.39 is 11.4 Å². The number of para-hydroxylation sites is 1. The van der Waals surface area contributed by atoms with Crippen LogP contribution in [0.1, 0.15) is 50.5 Å². The van der Waals surface area contributed by atoms with Gasteiger partial charge in [-0.2, -0.15) is 0 Å². The minimum atomic E-state index is -0.722. The standard InChI is InChI=1S/C16H20O3/c17-15(18)16(10-3-4-11-16)13-8-1-2-9-14(13)19-12-6-5-7-12/h1-2,8-9,12H,3-7,10-11H2,(H,17,18). The molecule has 0 atom stereocenters. The van der Waals surface area contributed by atoms with Crippen LogP contribution in [0.25, 0.3) is 0 Å². The fourth-order valence-corrected chi connectivity index (χ4v) is 3.21. The quantitative estimate of drug-likeness (QED) is 0.901. The third-order valence-corrected chi connectivity index (χ3v) is 4.61. The van der Waals surface area contributed by atoms with Crippen LogP contribution in [0.5, 0.6) is 5.75 Å². The first-order valence-corrected chi connectivity index (χ1v) is 7.22. The summed E-state index contributed by atoms with van der Waals surface area (Å²) >= 11 is 0. The molecule has 3 nitrogen and oxygen atoms in total. The number of hydrogen-bond donors (Lipinski definition) is 1. The zero-order valence-electron chi connectivity index (χ0n) is 11.1. The lowest BCUT2D eigenvalue weighted by molar-refractivity contribution is -0.143. The van der Waals surface area contributed by atoms with E-state index in [9.17, 15) is 9.90 Å². The maximum absolute atomic E-state index is 11.8. The number of benzene rings is 1. The average Bonchev–Trinajstić information content (AvgIpc) is 2.85. The highest BCUT2D eigenvalue weighted by Crippen LogP contribution is 2.45. The minimum Gasteiger partial charge on any atom is -0.490 e. The van der Waals surface area contributed by atoms with Gasteiger partial charge < -0.3 is 9.84 Å². The fourth-order valence-electron chi connectivity index (χ4n) is 3.21. The molecule has 2 fully saturated rings. The lowest BCUT2D eigenvalue weighted by Gasteiger charge is -2.31. The van der Waals surface area contributed by atoms with Crippen LogP contribution in [-0.4, -0.2) is 17.2 Å². The first-order chi connectivity index (χ1) is 9.22.